The Labute approximate surface area is 125 Å². The highest BCUT2D eigenvalue weighted by molar-refractivity contribution is 8.14. The van der Waals surface area contributed by atoms with Crippen molar-refractivity contribution in [3.05, 3.63) is 59.9 Å². The van der Waals surface area contributed by atoms with Gasteiger partial charge in [0.15, 0.2) is 0 Å². The second kappa shape index (κ2) is 5.88. The summed E-state index contributed by atoms with van der Waals surface area (Å²) in [5, 5.41) is 7.91. The molecule has 5 nitrogen and oxygen atoms in total. The summed E-state index contributed by atoms with van der Waals surface area (Å²) in [6.45, 7) is 1.97. The number of benzene rings is 1. The maximum atomic E-state index is 12.1. The van der Waals surface area contributed by atoms with Gasteiger partial charge in [-0.3, -0.25) is 9.78 Å². The molecule has 0 fully saturated rings. The van der Waals surface area contributed by atoms with Gasteiger partial charge >= 0.3 is 0 Å². The third-order valence-electron chi connectivity index (χ3n) is 2.80. The van der Waals surface area contributed by atoms with Crippen molar-refractivity contribution in [3.63, 3.8) is 0 Å². The first-order valence-electron chi connectivity index (χ1n) is 6.25. The molecular weight excluding hydrogens is 286 g/mol. The van der Waals surface area contributed by atoms with Crippen molar-refractivity contribution in [2.45, 2.75) is 12.1 Å². The van der Waals surface area contributed by atoms with E-state index in [2.05, 4.69) is 15.2 Å². The van der Waals surface area contributed by atoms with Crippen LogP contribution in [0.2, 0.25) is 0 Å². The maximum absolute atomic E-state index is 12.1. The van der Waals surface area contributed by atoms with Crippen molar-refractivity contribution in [1.82, 2.24) is 15.2 Å². The molecule has 0 aliphatic heterocycles. The molecule has 0 aliphatic carbocycles. The highest BCUT2D eigenvalue weighted by atomic mass is 32.2. The topological polar surface area (TPSA) is 68.9 Å². The van der Waals surface area contributed by atoms with Crippen LogP contribution in [0.4, 0.5) is 0 Å². The van der Waals surface area contributed by atoms with E-state index in [1.807, 2.05) is 19.1 Å². The molecule has 2 heterocycles. The predicted molar refractivity (Wildman–Crippen MR) is 78.9 cm³/mol. The van der Waals surface area contributed by atoms with Gasteiger partial charge in [0, 0.05) is 35.3 Å². The number of carbonyl (C=O) groups excluding carboxylic acids is 1. The van der Waals surface area contributed by atoms with E-state index in [1.54, 1.807) is 36.7 Å². The molecule has 3 aromatic rings. The Kier molecular flexibility index (Phi) is 3.79. The quantitative estimate of drug-likeness (QED) is 0.690. The van der Waals surface area contributed by atoms with E-state index in [0.717, 1.165) is 22.9 Å². The van der Waals surface area contributed by atoms with Gasteiger partial charge in [0.1, 0.15) is 0 Å². The van der Waals surface area contributed by atoms with E-state index in [4.69, 9.17) is 4.42 Å². The molecule has 0 N–H and O–H groups in total. The van der Waals surface area contributed by atoms with Crippen LogP contribution in [-0.4, -0.2) is 20.3 Å². The molecule has 0 bridgehead atoms. The minimum Gasteiger partial charge on any atom is -0.411 e. The highest BCUT2D eigenvalue weighted by Gasteiger charge is 2.14. The van der Waals surface area contributed by atoms with Crippen LogP contribution >= 0.6 is 11.8 Å². The van der Waals surface area contributed by atoms with Gasteiger partial charge in [-0.15, -0.1) is 10.2 Å². The fraction of sp³-hybridized carbons (Fsp3) is 0.0667. The Bertz CT molecular complexity index is 754. The summed E-state index contributed by atoms with van der Waals surface area (Å²) in [6, 6.07) is 10.9. The molecule has 2 aromatic heterocycles. The molecule has 0 aliphatic rings. The largest absolute Gasteiger partial charge is 0.411 e. The maximum Gasteiger partial charge on any atom is 0.284 e. The lowest BCUT2D eigenvalue weighted by Crippen LogP contribution is -1.92. The van der Waals surface area contributed by atoms with Crippen molar-refractivity contribution in [2.75, 3.05) is 0 Å². The molecule has 104 valence electrons. The summed E-state index contributed by atoms with van der Waals surface area (Å²) in [4.78, 5) is 16.0. The summed E-state index contributed by atoms with van der Waals surface area (Å²) >= 11 is 0.923. The molecule has 0 spiro atoms. The molecule has 0 unspecified atom stereocenters. The average molecular weight is 297 g/mol. The summed E-state index contributed by atoms with van der Waals surface area (Å²) in [7, 11) is 0. The minimum atomic E-state index is -0.125. The second-order valence-electron chi connectivity index (χ2n) is 4.36. The van der Waals surface area contributed by atoms with Gasteiger partial charge in [0.25, 0.3) is 5.22 Å². The summed E-state index contributed by atoms with van der Waals surface area (Å²) in [5.41, 5.74) is 2.48. The fourth-order valence-corrected chi connectivity index (χ4v) is 2.30. The normalized spacial score (nSPS) is 10.5. The van der Waals surface area contributed by atoms with Crippen LogP contribution < -0.4 is 0 Å². The van der Waals surface area contributed by atoms with Gasteiger partial charge in [-0.05, 0) is 19.1 Å². The van der Waals surface area contributed by atoms with Crippen molar-refractivity contribution in [3.8, 4) is 11.5 Å². The molecule has 6 heteroatoms. The van der Waals surface area contributed by atoms with Crippen LogP contribution in [0, 0.1) is 6.92 Å². The van der Waals surface area contributed by atoms with Gasteiger partial charge < -0.3 is 4.42 Å². The van der Waals surface area contributed by atoms with Gasteiger partial charge in [-0.2, -0.15) is 0 Å². The Morgan fingerprint density at radius 1 is 1.05 bits per heavy atom. The number of pyridine rings is 1. The minimum absolute atomic E-state index is 0.125. The number of nitrogens with zero attached hydrogens (tertiary/aromatic N) is 3. The van der Waals surface area contributed by atoms with E-state index in [-0.39, 0.29) is 10.3 Å². The molecular formula is C15H11N3O2S. The van der Waals surface area contributed by atoms with Crippen LogP contribution in [0.25, 0.3) is 11.5 Å². The smallest absolute Gasteiger partial charge is 0.284 e. The van der Waals surface area contributed by atoms with Crippen molar-refractivity contribution >= 4 is 16.9 Å². The third kappa shape index (κ3) is 3.17. The Balaban J connectivity index is 1.75. The lowest BCUT2D eigenvalue weighted by molar-refractivity contribution is 0.108. The number of aryl methyl sites for hydroxylation is 1. The van der Waals surface area contributed by atoms with Gasteiger partial charge in [-0.1, -0.05) is 29.8 Å². The molecule has 3 rings (SSSR count). The zero-order chi connectivity index (χ0) is 14.7. The Hall–Kier alpha value is -2.47. The predicted octanol–water partition coefficient (Wildman–Crippen LogP) is 3.37. The number of carbonyl (C=O) groups is 1. The Morgan fingerprint density at radius 3 is 2.48 bits per heavy atom. The zero-order valence-electron chi connectivity index (χ0n) is 11.2. The molecule has 0 atom stereocenters. The van der Waals surface area contributed by atoms with E-state index in [1.165, 1.54) is 0 Å². The second-order valence-corrected chi connectivity index (χ2v) is 5.29. The van der Waals surface area contributed by atoms with Gasteiger partial charge in [0.2, 0.25) is 11.0 Å². The standard InChI is InChI=1S/C15H11N3O2S/c1-10-2-4-12(5-3-10)14(19)21-15-18-17-13(20-15)11-6-8-16-9-7-11/h2-9H,1H3. The first-order chi connectivity index (χ1) is 10.2. The average Bonchev–Trinajstić information content (AvgIpc) is 2.97. The number of hydrogen-bond acceptors (Lipinski definition) is 6. The lowest BCUT2D eigenvalue weighted by atomic mass is 10.2. The summed E-state index contributed by atoms with van der Waals surface area (Å²) < 4.78 is 5.48. The molecule has 0 amide bonds. The van der Waals surface area contributed by atoms with Crippen LogP contribution in [0.1, 0.15) is 15.9 Å². The monoisotopic (exact) mass is 297 g/mol. The van der Waals surface area contributed by atoms with E-state index in [9.17, 15) is 4.79 Å². The molecule has 21 heavy (non-hydrogen) atoms. The molecule has 0 saturated heterocycles. The number of rotatable bonds is 3. The van der Waals surface area contributed by atoms with Gasteiger partial charge in [0.05, 0.1) is 0 Å². The van der Waals surface area contributed by atoms with Gasteiger partial charge in [-0.25, -0.2) is 0 Å². The number of hydrogen-bond donors (Lipinski definition) is 0. The van der Waals surface area contributed by atoms with Crippen LogP contribution in [0.5, 0.6) is 0 Å². The third-order valence-corrected chi connectivity index (χ3v) is 3.56. The van der Waals surface area contributed by atoms with Crippen LogP contribution in [0.3, 0.4) is 0 Å². The van der Waals surface area contributed by atoms with Crippen molar-refractivity contribution in [2.24, 2.45) is 0 Å². The first-order valence-corrected chi connectivity index (χ1v) is 7.07. The number of aromatic nitrogens is 3. The number of thioether (sulfide) groups is 1. The van der Waals surface area contributed by atoms with E-state index >= 15 is 0 Å². The zero-order valence-corrected chi connectivity index (χ0v) is 12.0. The van der Waals surface area contributed by atoms with Crippen LogP contribution in [-0.2, 0) is 0 Å². The Morgan fingerprint density at radius 2 is 1.76 bits per heavy atom. The highest BCUT2D eigenvalue weighted by Crippen LogP contribution is 2.25. The van der Waals surface area contributed by atoms with Crippen molar-refractivity contribution < 1.29 is 9.21 Å². The summed E-state index contributed by atoms with van der Waals surface area (Å²) in [6.07, 6.45) is 3.29. The van der Waals surface area contributed by atoms with E-state index in [0.29, 0.717) is 11.5 Å². The van der Waals surface area contributed by atoms with Crippen LogP contribution in [0.15, 0.2) is 58.4 Å². The summed E-state index contributed by atoms with van der Waals surface area (Å²) in [5.74, 6) is 0.372. The molecule has 0 saturated carbocycles. The SMILES string of the molecule is Cc1ccc(C(=O)Sc2nnc(-c3ccncc3)o2)cc1. The lowest BCUT2D eigenvalue weighted by Gasteiger charge is -1.97. The molecule has 0 radical (unpaired) electrons. The van der Waals surface area contributed by atoms with E-state index < -0.39 is 0 Å². The first kappa shape index (κ1) is 13.5. The molecule has 1 aromatic carbocycles. The fourth-order valence-electron chi connectivity index (χ4n) is 1.69. The van der Waals surface area contributed by atoms with Crippen molar-refractivity contribution in [1.29, 1.82) is 0 Å².